The number of carboxylic acid groups (broad SMARTS) is 2. The molecule has 654 valence electrons. The molecule has 0 saturated carbocycles. The Labute approximate surface area is 674 Å². The molecule has 0 aromatic heterocycles. The number of guanidine groups is 1. The van der Waals surface area contributed by atoms with Crippen LogP contribution in [0.2, 0.25) is 0 Å². The summed E-state index contributed by atoms with van der Waals surface area (Å²) in [5, 5.41) is 57.6. The van der Waals surface area contributed by atoms with Gasteiger partial charge in [0.15, 0.2) is 5.96 Å². The lowest BCUT2D eigenvalue weighted by atomic mass is 10.0. The maximum absolute atomic E-state index is 14.8. The predicted molar refractivity (Wildman–Crippen MR) is 419 cm³/mol. The molecule has 29 N–H and O–H groups in total. The molecule has 0 aliphatic carbocycles. The van der Waals surface area contributed by atoms with Gasteiger partial charge >= 0.3 is 11.9 Å². The molecule has 3 aliphatic rings. The zero-order chi connectivity index (χ0) is 87.2. The molecule has 0 unspecified atom stereocenters. The Bertz CT molecular complexity index is 3420. The molecule has 16 amide bonds. The number of hydrogen-bond donors (Lipinski definition) is 22. The van der Waals surface area contributed by atoms with Crippen molar-refractivity contribution in [2.24, 2.45) is 52.0 Å². The van der Waals surface area contributed by atoms with Crippen molar-refractivity contribution in [2.45, 2.75) is 287 Å². The van der Waals surface area contributed by atoms with E-state index < -0.39 is 228 Å². The second-order valence-corrected chi connectivity index (χ2v) is 30.3. The van der Waals surface area contributed by atoms with Gasteiger partial charge in [-0.1, -0.05) is 34.1 Å². The van der Waals surface area contributed by atoms with Crippen molar-refractivity contribution < 1.29 is 96.5 Å². The van der Waals surface area contributed by atoms with Crippen LogP contribution in [0.25, 0.3) is 0 Å². The SMILES string of the molecule is CC(C)[C@H](NC(=O)[C@H](CCCCN)NC(=O)[C@H](CCCNC(=N)N)NC(=O)[C@@H]1CCCN1C(=O)[C@H](CCCCN)NC(=O)[C@H](C)NC(=O)[C@H](CCC(N)=O)NC(=O)[C@@H]1CCCN1C(=O)[C@@H](NC(=O)[C@@H]1CCCN1C(=O)[C@H](CCC(=O)O)NC(=O)[C@@H](N)CCCCN)C(C)C)C(=O)N[C@@H](C)C(=O)N[C@H](C)C(=O)N[C@@H](CCC(N)=O)C(=O)O. The number of unbranched alkanes of at least 4 members (excludes halogenated alkanes) is 3. The molecule has 0 radical (unpaired) electrons. The lowest BCUT2D eigenvalue weighted by Crippen LogP contribution is -2.61. The first-order valence-corrected chi connectivity index (χ1v) is 39.9. The van der Waals surface area contributed by atoms with E-state index in [1.54, 1.807) is 27.7 Å². The number of carbonyl (C=O) groups excluding carboxylic acids is 16. The summed E-state index contributed by atoms with van der Waals surface area (Å²) in [5.74, 6) is -17.4. The van der Waals surface area contributed by atoms with Gasteiger partial charge in [-0.2, -0.15) is 0 Å². The summed E-state index contributed by atoms with van der Waals surface area (Å²) in [4.78, 5) is 248. The van der Waals surface area contributed by atoms with E-state index >= 15 is 0 Å². The summed E-state index contributed by atoms with van der Waals surface area (Å²) >= 11 is 0. The normalized spacial score (nSPS) is 18.3. The van der Waals surface area contributed by atoms with E-state index in [1.165, 1.54) is 35.5 Å². The standard InChI is InChI=1S/C73H127N23O20/c1-38(2)56(68(111)85-40(5)58(101)83-41(6)60(103)91-49(72(115)116)26-29-54(79)98)92-64(107)44(19-9-12-32-75)86-63(106)45(21-14-34-82-73(80)81)87-65(108)50-22-15-35-94(50)69(112)47(20-10-13-33-76)89-59(102)42(7)84-62(105)46(25-28-53(78)97)88-66(109)51-23-17-37-96(51)71(114)57(39(3)4)93-67(110)52-24-16-36-95(52)70(113)48(27-30-55(99)100)90-61(104)43(77)18-8-11-31-74/h38-52,56-57H,8-37,74-77H2,1-7H3,(H2,78,97)(H2,79,98)(H,83,101)(H,84,105)(H,85,111)(H,86,106)(H,87,108)(H,88,109)(H,89,102)(H,90,104)(H,91,103)(H,92,107)(H,93,110)(H,99,100)(H,115,116)(H4,80,81,82)/t40-,41+,42-,43-,44-,45-,46-,47-,48-,49-,50-,51-,52-,56-,57-/m0/s1. The summed E-state index contributed by atoms with van der Waals surface area (Å²) in [6.45, 7) is 11.2. The van der Waals surface area contributed by atoms with Crippen LogP contribution in [0.1, 0.15) is 196 Å². The van der Waals surface area contributed by atoms with Gasteiger partial charge in [-0.05, 0) is 174 Å². The van der Waals surface area contributed by atoms with Crippen LogP contribution < -0.4 is 104 Å². The van der Waals surface area contributed by atoms with Crippen LogP contribution in [-0.2, 0) is 86.3 Å². The molecule has 0 spiro atoms. The van der Waals surface area contributed by atoms with Crippen molar-refractivity contribution in [3.05, 3.63) is 0 Å². The van der Waals surface area contributed by atoms with Gasteiger partial charge in [-0.25, -0.2) is 4.79 Å². The minimum absolute atomic E-state index is 0.00456. The van der Waals surface area contributed by atoms with Gasteiger partial charge in [-0.3, -0.25) is 86.9 Å². The average molecular weight is 1650 g/mol. The third-order valence-corrected chi connectivity index (χ3v) is 20.2. The number of carboxylic acids is 2. The number of nitrogens with zero attached hydrogens (tertiary/aromatic N) is 3. The number of likely N-dealkylation sites (tertiary alicyclic amines) is 3. The highest BCUT2D eigenvalue weighted by molar-refractivity contribution is 6.01. The van der Waals surface area contributed by atoms with Gasteiger partial charge in [-0.15, -0.1) is 0 Å². The van der Waals surface area contributed by atoms with Crippen LogP contribution in [0.3, 0.4) is 0 Å². The lowest BCUT2D eigenvalue weighted by molar-refractivity contribution is -0.145. The molecule has 3 saturated heterocycles. The second-order valence-electron chi connectivity index (χ2n) is 30.3. The second kappa shape index (κ2) is 50.8. The van der Waals surface area contributed by atoms with Crippen LogP contribution in [0, 0.1) is 17.2 Å². The van der Waals surface area contributed by atoms with Crippen molar-refractivity contribution in [1.29, 1.82) is 5.41 Å². The Morgan fingerprint density at radius 2 is 0.716 bits per heavy atom. The number of aliphatic carboxylic acids is 2. The number of carbonyl (C=O) groups is 18. The van der Waals surface area contributed by atoms with Gasteiger partial charge in [0, 0.05) is 45.4 Å². The Morgan fingerprint density at radius 1 is 0.371 bits per heavy atom. The van der Waals surface area contributed by atoms with Gasteiger partial charge in [0.05, 0.1) is 6.04 Å². The highest BCUT2D eigenvalue weighted by Gasteiger charge is 2.45. The number of primary amides is 2. The molecule has 43 nitrogen and oxygen atoms in total. The number of amides is 16. The molecule has 3 heterocycles. The highest BCUT2D eigenvalue weighted by atomic mass is 16.4. The smallest absolute Gasteiger partial charge is 0.326 e. The molecule has 0 aromatic carbocycles. The van der Waals surface area contributed by atoms with Gasteiger partial charge < -0.3 is 129 Å². The van der Waals surface area contributed by atoms with Crippen molar-refractivity contribution in [3.8, 4) is 0 Å². The van der Waals surface area contributed by atoms with Gasteiger partial charge in [0.1, 0.15) is 84.6 Å². The van der Waals surface area contributed by atoms with E-state index in [0.717, 1.165) is 0 Å². The summed E-state index contributed by atoms with van der Waals surface area (Å²) in [7, 11) is 0. The molecule has 0 bridgehead atoms. The summed E-state index contributed by atoms with van der Waals surface area (Å²) < 4.78 is 0. The van der Waals surface area contributed by atoms with Crippen LogP contribution in [0.15, 0.2) is 0 Å². The fourth-order valence-corrected chi connectivity index (χ4v) is 13.4. The minimum atomic E-state index is -1.55. The van der Waals surface area contributed by atoms with Crippen LogP contribution in [0.4, 0.5) is 0 Å². The van der Waals surface area contributed by atoms with Crippen LogP contribution >= 0.6 is 0 Å². The van der Waals surface area contributed by atoms with E-state index in [2.05, 4.69) is 63.8 Å². The Hall–Kier alpha value is -10.4. The van der Waals surface area contributed by atoms with E-state index in [0.29, 0.717) is 45.1 Å². The highest BCUT2D eigenvalue weighted by Crippen LogP contribution is 2.26. The fourth-order valence-electron chi connectivity index (χ4n) is 13.4. The summed E-state index contributed by atoms with van der Waals surface area (Å²) in [6, 6.07) is -19.9. The zero-order valence-electron chi connectivity index (χ0n) is 67.7. The quantitative estimate of drug-likeness (QED) is 0.0153. The minimum Gasteiger partial charge on any atom is -0.481 e. The number of hydrogen-bond acceptors (Lipinski definition) is 23. The number of nitrogens with one attached hydrogen (secondary N) is 13. The molecule has 0 aromatic rings. The lowest BCUT2D eigenvalue weighted by Gasteiger charge is -2.33. The van der Waals surface area contributed by atoms with E-state index in [-0.39, 0.29) is 136 Å². The molecular formula is C73H127N23O20. The van der Waals surface area contributed by atoms with Gasteiger partial charge in [0.2, 0.25) is 94.5 Å². The van der Waals surface area contributed by atoms with Crippen molar-refractivity contribution in [2.75, 3.05) is 45.8 Å². The number of nitrogens with two attached hydrogens (primary N) is 7. The Kier molecular flexibility index (Phi) is 43.7. The third-order valence-electron chi connectivity index (χ3n) is 20.2. The van der Waals surface area contributed by atoms with E-state index in [1.807, 2.05) is 0 Å². The predicted octanol–water partition coefficient (Wildman–Crippen LogP) is -6.88. The molecule has 3 fully saturated rings. The van der Waals surface area contributed by atoms with Crippen LogP contribution in [-0.4, -0.2) is 274 Å². The number of rotatable bonds is 53. The largest absolute Gasteiger partial charge is 0.481 e. The maximum Gasteiger partial charge on any atom is 0.326 e. The molecule has 3 rings (SSSR count). The Balaban J connectivity index is 1.82. The topological polar surface area (TPSA) is 708 Å². The first-order chi connectivity index (χ1) is 54.7. The molecule has 15 atom stereocenters. The Morgan fingerprint density at radius 3 is 1.16 bits per heavy atom. The third kappa shape index (κ3) is 33.4. The molecule has 43 heteroatoms. The monoisotopic (exact) mass is 1650 g/mol. The van der Waals surface area contributed by atoms with E-state index in [4.69, 9.17) is 45.5 Å². The summed E-state index contributed by atoms with van der Waals surface area (Å²) in [5.41, 5.74) is 39.5. The molecule has 116 heavy (non-hydrogen) atoms. The fraction of sp³-hybridized carbons (Fsp3) is 0.740. The summed E-state index contributed by atoms with van der Waals surface area (Å²) in [6.07, 6.45) is 1.64. The first-order valence-electron chi connectivity index (χ1n) is 39.9. The van der Waals surface area contributed by atoms with Crippen molar-refractivity contribution >= 4 is 112 Å². The van der Waals surface area contributed by atoms with Crippen molar-refractivity contribution in [1.82, 2.24) is 78.5 Å². The zero-order valence-corrected chi connectivity index (χ0v) is 67.7. The molecular weight excluding hydrogens is 1520 g/mol. The first kappa shape index (κ1) is 99.8. The molecule has 3 aliphatic heterocycles. The average Bonchev–Trinajstić information content (AvgIpc) is 1.63. The van der Waals surface area contributed by atoms with Crippen LogP contribution in [0.5, 0.6) is 0 Å². The van der Waals surface area contributed by atoms with Gasteiger partial charge in [0.25, 0.3) is 0 Å². The van der Waals surface area contributed by atoms with E-state index in [9.17, 15) is 96.5 Å². The maximum atomic E-state index is 14.8. The van der Waals surface area contributed by atoms with Crippen molar-refractivity contribution in [3.63, 3.8) is 0 Å².